The molecule has 1 aliphatic rings. The van der Waals surface area contributed by atoms with Crippen LogP contribution < -0.4 is 5.73 Å². The third kappa shape index (κ3) is 2.45. The van der Waals surface area contributed by atoms with Crippen molar-refractivity contribution in [2.75, 3.05) is 20.1 Å². The van der Waals surface area contributed by atoms with Gasteiger partial charge in [0.2, 0.25) is 0 Å². The molecule has 0 radical (unpaired) electrons. The maximum Gasteiger partial charge on any atom is 0.0351 e. The van der Waals surface area contributed by atoms with Gasteiger partial charge in [0.05, 0.1) is 0 Å². The molecule has 1 aliphatic heterocycles. The Morgan fingerprint density at radius 2 is 2.06 bits per heavy atom. The van der Waals surface area contributed by atoms with Gasteiger partial charge in [0.1, 0.15) is 0 Å². The molecule has 2 rings (SSSR count). The first-order chi connectivity index (χ1) is 8.56. The second-order valence-corrected chi connectivity index (χ2v) is 5.77. The zero-order valence-corrected chi connectivity index (χ0v) is 12.2. The Kier molecular flexibility index (Phi) is 4.08. The fraction of sp³-hybridized carbons (Fsp3) is 0.625. The Labute approximate surface area is 111 Å². The van der Waals surface area contributed by atoms with E-state index >= 15 is 0 Å². The van der Waals surface area contributed by atoms with Crippen molar-refractivity contribution in [3.63, 3.8) is 0 Å². The maximum absolute atomic E-state index is 5.83. The lowest BCUT2D eigenvalue weighted by Crippen LogP contribution is -2.21. The van der Waals surface area contributed by atoms with Crippen LogP contribution in [0, 0.1) is 19.8 Å². The lowest BCUT2D eigenvalue weighted by atomic mass is 9.91. The van der Waals surface area contributed by atoms with Crippen LogP contribution in [0.1, 0.15) is 41.6 Å². The first-order valence-corrected chi connectivity index (χ1v) is 7.07. The van der Waals surface area contributed by atoms with Gasteiger partial charge in [-0.15, -0.1) is 0 Å². The minimum atomic E-state index is 0.559. The summed E-state index contributed by atoms with van der Waals surface area (Å²) in [6, 6.07) is 5.29. The molecule has 1 aromatic carbocycles. The van der Waals surface area contributed by atoms with E-state index in [4.69, 9.17) is 5.73 Å². The molecule has 2 heteroatoms. The van der Waals surface area contributed by atoms with Gasteiger partial charge in [-0.05, 0) is 68.5 Å². The van der Waals surface area contributed by atoms with Crippen LogP contribution in [0.3, 0.4) is 0 Å². The summed E-state index contributed by atoms with van der Waals surface area (Å²) in [5.74, 6) is 0.657. The standard InChI is InChI=1S/C16H26N2/c1-5-13-6-11(2)12(3)15(7-13)16-8-14(9-17)10-18(16)4/h6-7,14,16H,5,8-10,17H2,1-4H3. The highest BCUT2D eigenvalue weighted by Gasteiger charge is 2.30. The van der Waals surface area contributed by atoms with Crippen LogP contribution in [0.15, 0.2) is 12.1 Å². The lowest BCUT2D eigenvalue weighted by Gasteiger charge is -2.23. The summed E-state index contributed by atoms with van der Waals surface area (Å²) >= 11 is 0. The van der Waals surface area contributed by atoms with Crippen molar-refractivity contribution < 1.29 is 0 Å². The van der Waals surface area contributed by atoms with Crippen LogP contribution in [0.25, 0.3) is 0 Å². The van der Waals surface area contributed by atoms with Crippen molar-refractivity contribution in [3.8, 4) is 0 Å². The third-order valence-electron chi connectivity index (χ3n) is 4.50. The Morgan fingerprint density at radius 1 is 1.33 bits per heavy atom. The average molecular weight is 246 g/mol. The van der Waals surface area contributed by atoms with Gasteiger partial charge < -0.3 is 5.73 Å². The maximum atomic E-state index is 5.83. The van der Waals surface area contributed by atoms with E-state index in [1.54, 1.807) is 0 Å². The summed E-state index contributed by atoms with van der Waals surface area (Å²) in [5.41, 5.74) is 11.7. The zero-order valence-electron chi connectivity index (χ0n) is 12.2. The molecule has 0 amide bonds. The van der Waals surface area contributed by atoms with Crippen molar-refractivity contribution in [2.24, 2.45) is 11.7 Å². The van der Waals surface area contributed by atoms with E-state index in [0.717, 1.165) is 19.5 Å². The second kappa shape index (κ2) is 5.41. The smallest absolute Gasteiger partial charge is 0.0351 e. The highest BCUT2D eigenvalue weighted by atomic mass is 15.2. The van der Waals surface area contributed by atoms with Crippen LogP contribution >= 0.6 is 0 Å². The van der Waals surface area contributed by atoms with Crippen LogP contribution in [-0.2, 0) is 6.42 Å². The minimum Gasteiger partial charge on any atom is -0.330 e. The fourth-order valence-corrected chi connectivity index (χ4v) is 3.15. The van der Waals surface area contributed by atoms with Gasteiger partial charge in [0, 0.05) is 12.6 Å². The molecule has 100 valence electrons. The number of hydrogen-bond donors (Lipinski definition) is 1. The Bertz CT molecular complexity index is 425. The predicted molar refractivity (Wildman–Crippen MR) is 77.8 cm³/mol. The molecule has 1 heterocycles. The molecular weight excluding hydrogens is 220 g/mol. The summed E-state index contributed by atoms with van der Waals surface area (Å²) in [7, 11) is 2.23. The van der Waals surface area contributed by atoms with E-state index in [2.05, 4.69) is 44.9 Å². The van der Waals surface area contributed by atoms with Gasteiger partial charge in [0.25, 0.3) is 0 Å². The van der Waals surface area contributed by atoms with Crippen LogP contribution in [0.2, 0.25) is 0 Å². The topological polar surface area (TPSA) is 29.3 Å². The Balaban J connectivity index is 2.35. The minimum absolute atomic E-state index is 0.559. The number of rotatable bonds is 3. The molecule has 1 saturated heterocycles. The molecule has 2 N–H and O–H groups in total. The second-order valence-electron chi connectivity index (χ2n) is 5.77. The average Bonchev–Trinajstić information content (AvgIpc) is 2.74. The molecule has 1 aromatic rings. The number of nitrogens with two attached hydrogens (primary N) is 1. The largest absolute Gasteiger partial charge is 0.330 e. The van der Waals surface area contributed by atoms with Gasteiger partial charge in [0.15, 0.2) is 0 Å². The number of hydrogen-bond acceptors (Lipinski definition) is 2. The number of nitrogens with zero attached hydrogens (tertiary/aromatic N) is 1. The molecule has 18 heavy (non-hydrogen) atoms. The predicted octanol–water partition coefficient (Wildman–Crippen LogP) is 2.82. The van der Waals surface area contributed by atoms with Crippen molar-refractivity contribution in [2.45, 2.75) is 39.7 Å². The van der Waals surface area contributed by atoms with Gasteiger partial charge in [-0.25, -0.2) is 0 Å². The van der Waals surface area contributed by atoms with Crippen molar-refractivity contribution in [1.82, 2.24) is 4.90 Å². The highest BCUT2D eigenvalue weighted by molar-refractivity contribution is 5.40. The van der Waals surface area contributed by atoms with Gasteiger partial charge >= 0.3 is 0 Å². The quantitative estimate of drug-likeness (QED) is 0.888. The highest BCUT2D eigenvalue weighted by Crippen LogP contribution is 2.36. The number of aryl methyl sites for hydroxylation is 2. The molecule has 1 fully saturated rings. The van der Waals surface area contributed by atoms with Crippen LogP contribution in [-0.4, -0.2) is 25.0 Å². The molecule has 0 spiro atoms. The summed E-state index contributed by atoms with van der Waals surface area (Å²) in [5, 5.41) is 0. The van der Waals surface area contributed by atoms with E-state index in [0.29, 0.717) is 12.0 Å². The summed E-state index contributed by atoms with van der Waals surface area (Å²) in [6.07, 6.45) is 2.32. The molecule has 0 saturated carbocycles. The Morgan fingerprint density at radius 3 is 2.61 bits per heavy atom. The monoisotopic (exact) mass is 246 g/mol. The van der Waals surface area contributed by atoms with Crippen molar-refractivity contribution in [1.29, 1.82) is 0 Å². The number of benzene rings is 1. The first-order valence-electron chi connectivity index (χ1n) is 7.07. The lowest BCUT2D eigenvalue weighted by molar-refractivity contribution is 0.312. The van der Waals surface area contributed by atoms with Crippen LogP contribution in [0.4, 0.5) is 0 Å². The Hall–Kier alpha value is -0.860. The van der Waals surface area contributed by atoms with E-state index in [9.17, 15) is 0 Å². The SMILES string of the molecule is CCc1cc(C)c(C)c(C2CC(CN)CN2C)c1. The van der Waals surface area contributed by atoms with Gasteiger partial charge in [-0.1, -0.05) is 19.1 Å². The van der Waals surface area contributed by atoms with Gasteiger partial charge in [-0.3, -0.25) is 4.90 Å². The molecule has 2 nitrogen and oxygen atoms in total. The molecule has 0 aliphatic carbocycles. The van der Waals surface area contributed by atoms with E-state index in [1.807, 2.05) is 0 Å². The van der Waals surface area contributed by atoms with Crippen LogP contribution in [0.5, 0.6) is 0 Å². The van der Waals surface area contributed by atoms with Gasteiger partial charge in [-0.2, -0.15) is 0 Å². The van der Waals surface area contributed by atoms with Crippen molar-refractivity contribution >= 4 is 0 Å². The third-order valence-corrected chi connectivity index (χ3v) is 4.50. The summed E-state index contributed by atoms with van der Waals surface area (Å²) < 4.78 is 0. The van der Waals surface area contributed by atoms with E-state index in [1.165, 1.54) is 28.7 Å². The van der Waals surface area contributed by atoms with Crippen molar-refractivity contribution in [3.05, 3.63) is 34.4 Å². The van der Waals surface area contributed by atoms with E-state index in [-0.39, 0.29) is 0 Å². The molecule has 0 aromatic heterocycles. The summed E-state index contributed by atoms with van der Waals surface area (Å²) in [6.45, 7) is 8.67. The summed E-state index contributed by atoms with van der Waals surface area (Å²) in [4.78, 5) is 2.47. The van der Waals surface area contributed by atoms with E-state index < -0.39 is 0 Å². The molecule has 2 atom stereocenters. The molecule has 2 unspecified atom stereocenters. The first kappa shape index (κ1) is 13.6. The molecular formula is C16H26N2. The zero-order chi connectivity index (χ0) is 13.3. The normalized spacial score (nSPS) is 24.7. The number of likely N-dealkylation sites (tertiary alicyclic amines) is 1. The molecule has 0 bridgehead atoms. The fourth-order valence-electron chi connectivity index (χ4n) is 3.15.